The summed E-state index contributed by atoms with van der Waals surface area (Å²) in [6, 6.07) is 5.96. The van der Waals surface area contributed by atoms with Gasteiger partial charge in [-0.15, -0.1) is 0 Å². The summed E-state index contributed by atoms with van der Waals surface area (Å²) in [5.41, 5.74) is 0.0754. The van der Waals surface area contributed by atoms with Gasteiger partial charge in [-0.05, 0) is 18.6 Å². The third-order valence-corrected chi connectivity index (χ3v) is 3.04. The first-order valence-corrected chi connectivity index (χ1v) is 6.85. The molecule has 1 aromatic rings. The van der Waals surface area contributed by atoms with Crippen LogP contribution < -0.4 is 0 Å². The standard InChI is InChI=1S/C15H22FNO2/c1-2-3-4-7-10-17(11-12-18)15(19)13-8-5-6-9-14(13)16/h5-6,8-9,18H,2-4,7,10-12H2,1H3. The second-order valence-corrected chi connectivity index (χ2v) is 4.56. The lowest BCUT2D eigenvalue weighted by Crippen LogP contribution is -2.35. The summed E-state index contributed by atoms with van der Waals surface area (Å²) in [4.78, 5) is 13.7. The zero-order valence-corrected chi connectivity index (χ0v) is 11.4. The first-order valence-electron chi connectivity index (χ1n) is 6.85. The van der Waals surface area contributed by atoms with Crippen molar-refractivity contribution in [3.63, 3.8) is 0 Å². The van der Waals surface area contributed by atoms with Crippen LogP contribution in [0.4, 0.5) is 4.39 Å². The monoisotopic (exact) mass is 267 g/mol. The van der Waals surface area contributed by atoms with Gasteiger partial charge in [0.1, 0.15) is 5.82 Å². The lowest BCUT2D eigenvalue weighted by Gasteiger charge is -2.22. The van der Waals surface area contributed by atoms with Crippen molar-refractivity contribution in [3.8, 4) is 0 Å². The molecule has 1 amide bonds. The zero-order chi connectivity index (χ0) is 14.1. The van der Waals surface area contributed by atoms with Crippen LogP contribution in [0.1, 0.15) is 43.0 Å². The van der Waals surface area contributed by atoms with Crippen LogP contribution in [0.25, 0.3) is 0 Å². The number of halogens is 1. The molecule has 0 spiro atoms. The lowest BCUT2D eigenvalue weighted by atomic mass is 10.1. The van der Waals surface area contributed by atoms with Gasteiger partial charge in [0.15, 0.2) is 0 Å². The summed E-state index contributed by atoms with van der Waals surface area (Å²) in [7, 11) is 0. The van der Waals surface area contributed by atoms with Gasteiger partial charge in [0, 0.05) is 13.1 Å². The molecule has 1 N–H and O–H groups in total. The van der Waals surface area contributed by atoms with Crippen LogP contribution in [0.15, 0.2) is 24.3 Å². The van der Waals surface area contributed by atoms with Crippen LogP contribution >= 0.6 is 0 Å². The average Bonchev–Trinajstić information content (AvgIpc) is 2.42. The van der Waals surface area contributed by atoms with Crippen molar-refractivity contribution < 1.29 is 14.3 Å². The number of carbonyl (C=O) groups excluding carboxylic acids is 1. The number of rotatable bonds is 8. The zero-order valence-electron chi connectivity index (χ0n) is 11.4. The summed E-state index contributed by atoms with van der Waals surface area (Å²) in [6.07, 6.45) is 4.18. The van der Waals surface area contributed by atoms with Crippen molar-refractivity contribution in [2.24, 2.45) is 0 Å². The van der Waals surface area contributed by atoms with Gasteiger partial charge in [-0.25, -0.2) is 4.39 Å². The predicted molar refractivity (Wildman–Crippen MR) is 73.5 cm³/mol. The highest BCUT2D eigenvalue weighted by molar-refractivity contribution is 5.94. The Labute approximate surface area is 114 Å². The van der Waals surface area contributed by atoms with Crippen LogP contribution in [-0.2, 0) is 0 Å². The van der Waals surface area contributed by atoms with E-state index in [0.29, 0.717) is 6.54 Å². The van der Waals surface area contributed by atoms with Crippen molar-refractivity contribution in [1.29, 1.82) is 0 Å². The molecule has 0 aromatic heterocycles. The average molecular weight is 267 g/mol. The SMILES string of the molecule is CCCCCCN(CCO)C(=O)c1ccccc1F. The quantitative estimate of drug-likeness (QED) is 0.736. The normalized spacial score (nSPS) is 10.5. The molecule has 0 aliphatic heterocycles. The Bertz CT molecular complexity index is 395. The summed E-state index contributed by atoms with van der Waals surface area (Å²) in [6.45, 7) is 2.83. The van der Waals surface area contributed by atoms with E-state index in [0.717, 1.165) is 25.7 Å². The molecule has 0 aliphatic carbocycles. The molecule has 0 unspecified atom stereocenters. The molecule has 0 saturated heterocycles. The first kappa shape index (κ1) is 15.6. The predicted octanol–water partition coefficient (Wildman–Crippen LogP) is 2.84. The molecule has 0 bridgehead atoms. The summed E-state index contributed by atoms with van der Waals surface area (Å²) in [5, 5.41) is 9.02. The molecule has 0 fully saturated rings. The van der Waals surface area contributed by atoms with E-state index >= 15 is 0 Å². The number of hydrogen-bond acceptors (Lipinski definition) is 2. The van der Waals surface area contributed by atoms with Crippen LogP contribution in [0.2, 0.25) is 0 Å². The maximum absolute atomic E-state index is 13.6. The molecule has 3 nitrogen and oxygen atoms in total. The van der Waals surface area contributed by atoms with Crippen LogP contribution in [-0.4, -0.2) is 35.6 Å². The Hall–Kier alpha value is -1.42. The van der Waals surface area contributed by atoms with E-state index in [1.807, 2.05) is 0 Å². The van der Waals surface area contributed by atoms with E-state index in [-0.39, 0.29) is 24.6 Å². The van der Waals surface area contributed by atoms with Crippen LogP contribution in [0, 0.1) is 5.82 Å². The molecule has 0 aliphatic rings. The number of unbranched alkanes of at least 4 members (excludes halogenated alkanes) is 3. The second kappa shape index (κ2) is 8.64. The molecule has 4 heteroatoms. The Morgan fingerprint density at radius 3 is 2.58 bits per heavy atom. The van der Waals surface area contributed by atoms with Crippen molar-refractivity contribution in [1.82, 2.24) is 4.90 Å². The largest absolute Gasteiger partial charge is 0.395 e. The number of carbonyl (C=O) groups is 1. The molecule has 0 radical (unpaired) electrons. The number of nitrogens with zero attached hydrogens (tertiary/aromatic N) is 1. The van der Waals surface area contributed by atoms with Crippen molar-refractivity contribution in [2.75, 3.05) is 19.7 Å². The van der Waals surface area contributed by atoms with Crippen molar-refractivity contribution in [2.45, 2.75) is 32.6 Å². The van der Waals surface area contributed by atoms with Crippen LogP contribution in [0.3, 0.4) is 0 Å². The van der Waals surface area contributed by atoms with E-state index in [4.69, 9.17) is 5.11 Å². The van der Waals surface area contributed by atoms with Gasteiger partial charge >= 0.3 is 0 Å². The second-order valence-electron chi connectivity index (χ2n) is 4.56. The maximum Gasteiger partial charge on any atom is 0.256 e. The molecular weight excluding hydrogens is 245 g/mol. The number of hydrogen-bond donors (Lipinski definition) is 1. The third kappa shape index (κ3) is 4.99. The van der Waals surface area contributed by atoms with E-state index < -0.39 is 5.82 Å². The van der Waals surface area contributed by atoms with Gasteiger partial charge in [0.2, 0.25) is 0 Å². The minimum Gasteiger partial charge on any atom is -0.395 e. The number of aliphatic hydroxyl groups excluding tert-OH is 1. The minimum absolute atomic E-state index is 0.0754. The molecule has 106 valence electrons. The van der Waals surface area contributed by atoms with Crippen LogP contribution in [0.5, 0.6) is 0 Å². The van der Waals surface area contributed by atoms with Gasteiger partial charge in [0.25, 0.3) is 5.91 Å². The number of amides is 1. The summed E-state index contributed by atoms with van der Waals surface area (Å²) >= 11 is 0. The highest BCUT2D eigenvalue weighted by Crippen LogP contribution is 2.11. The minimum atomic E-state index is -0.510. The van der Waals surface area contributed by atoms with Gasteiger partial charge in [0.05, 0.1) is 12.2 Å². The Balaban J connectivity index is 2.64. The molecule has 1 rings (SSSR count). The van der Waals surface area contributed by atoms with E-state index in [2.05, 4.69) is 6.92 Å². The third-order valence-electron chi connectivity index (χ3n) is 3.04. The smallest absolute Gasteiger partial charge is 0.256 e. The first-order chi connectivity index (χ1) is 9.20. The number of benzene rings is 1. The van der Waals surface area contributed by atoms with E-state index in [9.17, 15) is 9.18 Å². The summed E-state index contributed by atoms with van der Waals surface area (Å²) in [5.74, 6) is -0.854. The molecule has 0 atom stereocenters. The van der Waals surface area contributed by atoms with Gasteiger partial charge < -0.3 is 10.0 Å². The highest BCUT2D eigenvalue weighted by atomic mass is 19.1. The Morgan fingerprint density at radius 2 is 1.95 bits per heavy atom. The van der Waals surface area contributed by atoms with E-state index in [1.165, 1.54) is 17.0 Å². The molecular formula is C15H22FNO2. The van der Waals surface area contributed by atoms with Gasteiger partial charge in [-0.1, -0.05) is 38.3 Å². The van der Waals surface area contributed by atoms with E-state index in [1.54, 1.807) is 12.1 Å². The fourth-order valence-electron chi connectivity index (χ4n) is 1.97. The molecule has 19 heavy (non-hydrogen) atoms. The Morgan fingerprint density at radius 1 is 1.21 bits per heavy atom. The molecule has 1 aromatic carbocycles. The molecule has 0 saturated carbocycles. The topological polar surface area (TPSA) is 40.5 Å². The van der Waals surface area contributed by atoms with Crippen molar-refractivity contribution in [3.05, 3.63) is 35.6 Å². The maximum atomic E-state index is 13.6. The number of aliphatic hydroxyl groups is 1. The fourth-order valence-corrected chi connectivity index (χ4v) is 1.97. The summed E-state index contributed by atoms with van der Waals surface area (Å²) < 4.78 is 13.6. The Kier molecular flexibility index (Phi) is 7.11. The fraction of sp³-hybridized carbons (Fsp3) is 0.533. The molecule has 0 heterocycles. The lowest BCUT2D eigenvalue weighted by molar-refractivity contribution is 0.0713. The van der Waals surface area contributed by atoms with Gasteiger partial charge in [-0.3, -0.25) is 4.79 Å². The van der Waals surface area contributed by atoms with Crippen molar-refractivity contribution >= 4 is 5.91 Å². The van der Waals surface area contributed by atoms with Gasteiger partial charge in [-0.2, -0.15) is 0 Å². The highest BCUT2D eigenvalue weighted by Gasteiger charge is 2.17.